The Bertz CT molecular complexity index is 1320. The summed E-state index contributed by atoms with van der Waals surface area (Å²) in [5.41, 5.74) is 1.05. The number of methoxy groups -OCH3 is 1. The van der Waals surface area contributed by atoms with E-state index in [9.17, 15) is 9.90 Å². The molecule has 0 spiro atoms. The Morgan fingerprint density at radius 1 is 1.06 bits per heavy atom. The fourth-order valence-corrected chi connectivity index (χ4v) is 3.74. The minimum Gasteiger partial charge on any atom is -0.497 e. The summed E-state index contributed by atoms with van der Waals surface area (Å²) in [6.45, 7) is 4.62. The molecule has 1 N–H and O–H groups in total. The topological polar surface area (TPSA) is 85.4 Å². The second kappa shape index (κ2) is 9.73. The van der Waals surface area contributed by atoms with Gasteiger partial charge in [0, 0.05) is 17.3 Å². The molecule has 0 aliphatic rings. The highest BCUT2D eigenvalue weighted by atomic mass is 16.5. The molecule has 1 heterocycles. The van der Waals surface area contributed by atoms with E-state index in [-0.39, 0.29) is 18.2 Å². The molecule has 0 saturated heterocycles. The third-order valence-electron chi connectivity index (χ3n) is 5.51. The van der Waals surface area contributed by atoms with Crippen LogP contribution in [0.5, 0.6) is 17.4 Å². The fourth-order valence-electron chi connectivity index (χ4n) is 3.74. The first-order valence-electron chi connectivity index (χ1n) is 10.9. The minimum absolute atomic E-state index is 0.0228. The Balaban J connectivity index is 1.57. The molecular weight excluding hydrogens is 418 g/mol. The molecular formula is C26H27N3O4. The van der Waals surface area contributed by atoms with Gasteiger partial charge in [-0.05, 0) is 42.0 Å². The normalized spacial score (nSPS) is 11.6. The summed E-state index contributed by atoms with van der Waals surface area (Å²) < 4.78 is 12.8. The van der Waals surface area contributed by atoms with Gasteiger partial charge in [0.1, 0.15) is 11.5 Å². The molecule has 0 atom stereocenters. The van der Waals surface area contributed by atoms with Crippen molar-refractivity contribution in [2.24, 2.45) is 16.1 Å². The van der Waals surface area contributed by atoms with Crippen LogP contribution in [0.3, 0.4) is 0 Å². The molecule has 4 rings (SSSR count). The molecule has 1 amide bonds. The lowest BCUT2D eigenvalue weighted by atomic mass is 10.1. The standard InChI is InChI=1S/C26H27N3O4/c1-17(2)13-14-29-22-12-11-19(32-3)15-21(22)25(26(29)31)28-27-24(30)16-33-23-10-6-8-18-7-4-5-9-20(18)23/h4-12,15,17,31H,13-14,16H2,1-3H3. The zero-order chi connectivity index (χ0) is 23.4. The molecule has 7 heteroatoms. The van der Waals surface area contributed by atoms with E-state index in [1.54, 1.807) is 17.7 Å². The number of azo groups is 1. The quantitative estimate of drug-likeness (QED) is 0.325. The molecule has 0 unspecified atom stereocenters. The van der Waals surface area contributed by atoms with E-state index in [0.29, 0.717) is 29.3 Å². The number of fused-ring (bicyclic) bond motifs is 2. The van der Waals surface area contributed by atoms with E-state index < -0.39 is 5.91 Å². The maximum absolute atomic E-state index is 12.4. The number of aromatic nitrogens is 1. The number of ether oxygens (including phenoxy) is 2. The molecule has 7 nitrogen and oxygen atoms in total. The Hall–Kier alpha value is -3.87. The maximum atomic E-state index is 12.4. The number of aryl methyl sites for hydroxylation is 1. The molecule has 0 fully saturated rings. The van der Waals surface area contributed by atoms with Crippen LogP contribution in [0.25, 0.3) is 21.7 Å². The SMILES string of the molecule is COc1ccc2c(c1)c(N=NC(=O)COc1cccc3ccccc13)c(O)n2CCC(C)C. The van der Waals surface area contributed by atoms with Gasteiger partial charge in [0.25, 0.3) is 0 Å². The molecule has 0 radical (unpaired) electrons. The second-order valence-electron chi connectivity index (χ2n) is 8.25. The van der Waals surface area contributed by atoms with Crippen LogP contribution in [-0.4, -0.2) is 29.3 Å². The van der Waals surface area contributed by atoms with Crippen molar-refractivity contribution in [2.45, 2.75) is 26.8 Å². The predicted molar refractivity (Wildman–Crippen MR) is 129 cm³/mol. The van der Waals surface area contributed by atoms with Crippen LogP contribution in [0.15, 0.2) is 70.9 Å². The third kappa shape index (κ3) is 4.82. The van der Waals surface area contributed by atoms with Crippen molar-refractivity contribution in [2.75, 3.05) is 13.7 Å². The molecule has 0 bridgehead atoms. The largest absolute Gasteiger partial charge is 0.497 e. The van der Waals surface area contributed by atoms with E-state index in [4.69, 9.17) is 9.47 Å². The highest BCUT2D eigenvalue weighted by molar-refractivity contribution is 5.96. The monoisotopic (exact) mass is 445 g/mol. The Labute approximate surface area is 192 Å². The third-order valence-corrected chi connectivity index (χ3v) is 5.51. The minimum atomic E-state index is -0.548. The van der Waals surface area contributed by atoms with Gasteiger partial charge in [-0.1, -0.05) is 50.2 Å². The van der Waals surface area contributed by atoms with E-state index in [1.165, 1.54) is 0 Å². The van der Waals surface area contributed by atoms with Gasteiger partial charge in [0.2, 0.25) is 5.88 Å². The van der Waals surface area contributed by atoms with Gasteiger partial charge in [0.05, 0.1) is 12.6 Å². The lowest BCUT2D eigenvalue weighted by Crippen LogP contribution is -2.08. The Morgan fingerprint density at radius 3 is 2.64 bits per heavy atom. The summed E-state index contributed by atoms with van der Waals surface area (Å²) in [5.74, 6) is 1.14. The van der Waals surface area contributed by atoms with Crippen LogP contribution in [0.2, 0.25) is 0 Å². The highest BCUT2D eigenvalue weighted by Crippen LogP contribution is 2.40. The fraction of sp³-hybridized carbons (Fsp3) is 0.269. The first-order chi connectivity index (χ1) is 16.0. The Kier molecular flexibility index (Phi) is 6.58. The molecule has 0 saturated carbocycles. The van der Waals surface area contributed by atoms with Crippen LogP contribution in [-0.2, 0) is 11.3 Å². The number of amides is 1. The Morgan fingerprint density at radius 2 is 1.85 bits per heavy atom. The first-order valence-corrected chi connectivity index (χ1v) is 10.9. The van der Waals surface area contributed by atoms with Crippen molar-refractivity contribution >= 4 is 33.3 Å². The van der Waals surface area contributed by atoms with Crippen molar-refractivity contribution in [3.8, 4) is 17.4 Å². The van der Waals surface area contributed by atoms with Crippen molar-refractivity contribution in [1.29, 1.82) is 0 Å². The molecule has 4 aromatic rings. The molecule has 170 valence electrons. The molecule has 0 aliphatic carbocycles. The van der Waals surface area contributed by atoms with Crippen molar-refractivity contribution < 1.29 is 19.4 Å². The average Bonchev–Trinajstić information content (AvgIpc) is 3.09. The van der Waals surface area contributed by atoms with Crippen LogP contribution in [0, 0.1) is 5.92 Å². The summed E-state index contributed by atoms with van der Waals surface area (Å²) in [6, 6.07) is 18.9. The van der Waals surface area contributed by atoms with Crippen LogP contribution in [0.4, 0.5) is 5.69 Å². The number of carbonyl (C=O) groups excluding carboxylic acids is 1. The maximum Gasteiger partial charge on any atom is 0.302 e. The summed E-state index contributed by atoms with van der Waals surface area (Å²) in [7, 11) is 1.58. The van der Waals surface area contributed by atoms with E-state index in [2.05, 4.69) is 24.1 Å². The van der Waals surface area contributed by atoms with Gasteiger partial charge in [-0.3, -0.25) is 4.79 Å². The lowest BCUT2D eigenvalue weighted by molar-refractivity contribution is -0.120. The number of rotatable bonds is 8. The number of carbonyl (C=O) groups is 1. The van der Waals surface area contributed by atoms with E-state index in [0.717, 1.165) is 22.7 Å². The second-order valence-corrected chi connectivity index (χ2v) is 8.25. The smallest absolute Gasteiger partial charge is 0.302 e. The number of aromatic hydroxyl groups is 1. The van der Waals surface area contributed by atoms with Gasteiger partial charge >= 0.3 is 5.91 Å². The van der Waals surface area contributed by atoms with Gasteiger partial charge in [-0.2, -0.15) is 0 Å². The number of nitrogens with zero attached hydrogens (tertiary/aromatic N) is 3. The lowest BCUT2D eigenvalue weighted by Gasteiger charge is -2.09. The zero-order valence-electron chi connectivity index (χ0n) is 19.0. The highest BCUT2D eigenvalue weighted by Gasteiger charge is 2.18. The van der Waals surface area contributed by atoms with E-state index >= 15 is 0 Å². The van der Waals surface area contributed by atoms with Crippen LogP contribution >= 0.6 is 0 Å². The van der Waals surface area contributed by atoms with E-state index in [1.807, 2.05) is 54.6 Å². The van der Waals surface area contributed by atoms with Crippen LogP contribution in [0.1, 0.15) is 20.3 Å². The van der Waals surface area contributed by atoms with Gasteiger partial charge in [0.15, 0.2) is 12.3 Å². The summed E-state index contributed by atoms with van der Waals surface area (Å²) in [4.78, 5) is 12.4. The molecule has 3 aromatic carbocycles. The van der Waals surface area contributed by atoms with Crippen LogP contribution < -0.4 is 9.47 Å². The van der Waals surface area contributed by atoms with Gasteiger partial charge in [-0.15, -0.1) is 10.2 Å². The predicted octanol–water partition coefficient (Wildman–Crippen LogP) is 6.24. The van der Waals surface area contributed by atoms with Crippen molar-refractivity contribution in [3.05, 3.63) is 60.7 Å². The number of benzene rings is 3. The molecule has 1 aromatic heterocycles. The van der Waals surface area contributed by atoms with Crippen molar-refractivity contribution in [1.82, 2.24) is 4.57 Å². The summed E-state index contributed by atoms with van der Waals surface area (Å²) in [6.07, 6.45) is 0.887. The molecule has 0 aliphatic heterocycles. The number of hydrogen-bond donors (Lipinski definition) is 1. The van der Waals surface area contributed by atoms with Crippen molar-refractivity contribution in [3.63, 3.8) is 0 Å². The zero-order valence-corrected chi connectivity index (χ0v) is 19.0. The van der Waals surface area contributed by atoms with Gasteiger partial charge < -0.3 is 19.1 Å². The summed E-state index contributed by atoms with van der Waals surface area (Å²) in [5, 5.41) is 21.4. The summed E-state index contributed by atoms with van der Waals surface area (Å²) >= 11 is 0. The average molecular weight is 446 g/mol. The number of hydrogen-bond acceptors (Lipinski definition) is 5. The van der Waals surface area contributed by atoms with Gasteiger partial charge in [-0.25, -0.2) is 0 Å². The first kappa shape index (κ1) is 22.3. The molecule has 33 heavy (non-hydrogen) atoms.